The maximum absolute atomic E-state index is 13.1. The number of nitrogens with two attached hydrogens (primary N) is 1. The van der Waals surface area contributed by atoms with Gasteiger partial charge in [-0.2, -0.15) is 8.78 Å². The van der Waals surface area contributed by atoms with Gasteiger partial charge in [0.15, 0.2) is 5.16 Å². The van der Waals surface area contributed by atoms with Gasteiger partial charge in [0.1, 0.15) is 0 Å². The Morgan fingerprint density at radius 1 is 1.38 bits per heavy atom. The number of hydrogen-bond donors (Lipinski definition) is 2. The molecule has 0 spiro atoms. The Morgan fingerprint density at radius 2 is 2.10 bits per heavy atom. The van der Waals surface area contributed by atoms with Crippen molar-refractivity contribution in [2.24, 2.45) is 5.73 Å². The minimum atomic E-state index is -2.72. The molecule has 1 aromatic carbocycles. The van der Waals surface area contributed by atoms with E-state index in [2.05, 4.69) is 4.98 Å². The molecule has 0 aliphatic heterocycles. The monoisotopic (exact) mass is 314 g/mol. The average Bonchev–Trinajstić information content (AvgIpc) is 2.75. The third kappa shape index (κ3) is 3.69. The number of halogens is 2. The molecule has 0 radical (unpaired) electrons. The summed E-state index contributed by atoms with van der Waals surface area (Å²) in [5.74, 6) is -0.357. The second kappa shape index (κ2) is 6.53. The quantitative estimate of drug-likeness (QED) is 0.827. The smallest absolute Gasteiger partial charge is 0.321 e. The molecule has 6 nitrogen and oxygen atoms in total. The number of primary amides is 1. The topological polar surface area (TPSA) is 90.0 Å². The van der Waals surface area contributed by atoms with Gasteiger partial charge in [-0.15, -0.1) is 0 Å². The Morgan fingerprint density at radius 3 is 2.76 bits per heavy atom. The summed E-state index contributed by atoms with van der Waals surface area (Å²) in [5.41, 5.74) is 5.59. The maximum Gasteiger partial charge on any atom is 0.321 e. The fourth-order valence-electron chi connectivity index (χ4n) is 1.75. The van der Waals surface area contributed by atoms with Gasteiger partial charge in [-0.25, -0.2) is 9.78 Å². The zero-order chi connectivity index (χ0) is 15.4. The normalized spacial score (nSPS) is 11.0. The lowest BCUT2D eigenvalue weighted by molar-refractivity contribution is -0.119. The minimum Gasteiger partial charge on any atom is -0.351 e. The van der Waals surface area contributed by atoms with Crippen molar-refractivity contribution in [1.82, 2.24) is 14.9 Å². The van der Waals surface area contributed by atoms with Crippen molar-refractivity contribution in [1.29, 1.82) is 0 Å². The lowest BCUT2D eigenvalue weighted by Gasteiger charge is -2.06. The van der Waals surface area contributed by atoms with Crippen LogP contribution in [0.3, 0.4) is 0 Å². The number of nitrogens with zero attached hydrogens (tertiary/aromatic N) is 2. The van der Waals surface area contributed by atoms with Crippen molar-refractivity contribution >= 4 is 34.7 Å². The van der Waals surface area contributed by atoms with Crippen LogP contribution >= 0.6 is 11.8 Å². The summed E-state index contributed by atoms with van der Waals surface area (Å²) in [4.78, 5) is 25.8. The van der Waals surface area contributed by atoms with Crippen LogP contribution in [0.15, 0.2) is 29.4 Å². The second-order valence-electron chi connectivity index (χ2n) is 4.04. The Labute approximate surface area is 122 Å². The summed E-state index contributed by atoms with van der Waals surface area (Å²) in [5, 5.41) is 2.03. The number of carbonyl (C=O) groups is 2. The van der Waals surface area contributed by atoms with Gasteiger partial charge < -0.3 is 5.73 Å². The zero-order valence-electron chi connectivity index (χ0n) is 10.8. The number of aromatic nitrogens is 2. The van der Waals surface area contributed by atoms with Gasteiger partial charge in [0.05, 0.1) is 11.0 Å². The van der Waals surface area contributed by atoms with Crippen LogP contribution in [0.25, 0.3) is 11.0 Å². The molecule has 0 saturated heterocycles. The highest BCUT2D eigenvalue weighted by atomic mass is 32.2. The molecule has 0 bridgehead atoms. The summed E-state index contributed by atoms with van der Waals surface area (Å²) >= 11 is 1.02. The van der Waals surface area contributed by atoms with E-state index in [0.29, 0.717) is 11.0 Å². The molecule has 0 saturated carbocycles. The van der Waals surface area contributed by atoms with Crippen LogP contribution in [0.2, 0.25) is 0 Å². The Hall–Kier alpha value is -2.16. The van der Waals surface area contributed by atoms with E-state index in [1.165, 1.54) is 0 Å². The van der Waals surface area contributed by atoms with Crippen molar-refractivity contribution in [2.75, 3.05) is 5.75 Å². The Bertz CT molecular complexity index is 674. The number of benzene rings is 1. The summed E-state index contributed by atoms with van der Waals surface area (Å²) in [6, 6.07) is 5.61. The maximum atomic E-state index is 13.1. The molecule has 9 heteroatoms. The van der Waals surface area contributed by atoms with E-state index < -0.39 is 18.5 Å². The van der Waals surface area contributed by atoms with E-state index in [0.717, 1.165) is 16.3 Å². The van der Waals surface area contributed by atoms with E-state index in [9.17, 15) is 18.4 Å². The highest BCUT2D eigenvalue weighted by Crippen LogP contribution is 2.29. The number of thioether (sulfide) groups is 1. The second-order valence-corrected chi connectivity index (χ2v) is 5.10. The molecule has 3 amide bonds. The number of nitrogens with one attached hydrogen (secondary N) is 1. The molecule has 1 heterocycles. The number of urea groups is 1. The summed E-state index contributed by atoms with van der Waals surface area (Å²) in [7, 11) is 0. The first-order valence-electron chi connectivity index (χ1n) is 5.96. The van der Waals surface area contributed by atoms with Crippen molar-refractivity contribution in [3.63, 3.8) is 0 Å². The molecule has 2 rings (SSSR count). The van der Waals surface area contributed by atoms with E-state index >= 15 is 0 Å². The first-order chi connectivity index (χ1) is 9.99. The van der Waals surface area contributed by atoms with Crippen molar-refractivity contribution < 1.29 is 18.4 Å². The molecule has 112 valence electrons. The molecule has 0 unspecified atom stereocenters. The highest BCUT2D eigenvalue weighted by Gasteiger charge is 2.18. The number of imidazole rings is 1. The first-order valence-corrected chi connectivity index (χ1v) is 6.95. The molecule has 2 aromatic rings. The average molecular weight is 314 g/mol. The third-order valence-electron chi connectivity index (χ3n) is 2.58. The van der Waals surface area contributed by atoms with E-state index in [1.807, 2.05) is 5.32 Å². The van der Waals surface area contributed by atoms with Crippen LogP contribution in [0.4, 0.5) is 13.6 Å². The molecular formula is C12H12F2N4O2S. The molecule has 21 heavy (non-hydrogen) atoms. The van der Waals surface area contributed by atoms with Crippen LogP contribution in [0, 0.1) is 0 Å². The molecule has 0 aliphatic rings. The van der Waals surface area contributed by atoms with Gasteiger partial charge >= 0.3 is 12.6 Å². The predicted octanol–water partition coefficient (Wildman–Crippen LogP) is 2.11. The summed E-state index contributed by atoms with van der Waals surface area (Å²) in [6.45, 7) is -2.72. The van der Waals surface area contributed by atoms with Gasteiger partial charge in [0.25, 0.3) is 0 Å². The first kappa shape index (κ1) is 15.2. The fraction of sp³-hybridized carbons (Fsp3) is 0.250. The Balaban J connectivity index is 2.09. The van der Waals surface area contributed by atoms with E-state index in [1.54, 1.807) is 24.3 Å². The van der Waals surface area contributed by atoms with Crippen molar-refractivity contribution in [3.05, 3.63) is 24.3 Å². The number of carbonyl (C=O) groups excluding carboxylic acids is 2. The van der Waals surface area contributed by atoms with Crippen LogP contribution in [0.1, 0.15) is 13.0 Å². The van der Waals surface area contributed by atoms with Crippen LogP contribution in [-0.2, 0) is 4.79 Å². The van der Waals surface area contributed by atoms with Crippen LogP contribution in [0.5, 0.6) is 0 Å². The molecule has 0 fully saturated rings. The molecule has 3 N–H and O–H groups in total. The highest BCUT2D eigenvalue weighted by molar-refractivity contribution is 7.99. The molecule has 1 aromatic heterocycles. The van der Waals surface area contributed by atoms with Crippen LogP contribution < -0.4 is 11.1 Å². The van der Waals surface area contributed by atoms with Gasteiger partial charge in [0, 0.05) is 12.2 Å². The molecular weight excluding hydrogens is 302 g/mol. The van der Waals surface area contributed by atoms with Gasteiger partial charge in [-0.1, -0.05) is 23.9 Å². The number of para-hydroxylation sites is 2. The van der Waals surface area contributed by atoms with E-state index in [4.69, 9.17) is 5.73 Å². The lowest BCUT2D eigenvalue weighted by atomic mass is 10.3. The number of hydrogen-bond acceptors (Lipinski definition) is 4. The molecule has 0 aliphatic carbocycles. The van der Waals surface area contributed by atoms with Crippen LogP contribution in [-0.4, -0.2) is 27.2 Å². The number of amides is 3. The van der Waals surface area contributed by atoms with E-state index in [-0.39, 0.29) is 17.3 Å². The summed E-state index contributed by atoms with van der Waals surface area (Å²) in [6.07, 6.45) is -0.0277. The standard InChI is InChI=1S/C12H12F2N4O2S/c13-10(14)18-8-4-2-1-3-7(8)16-12(18)21-6-5-9(19)17-11(15)20/h1-4,10H,5-6H2,(H3,15,17,19,20). The number of imide groups is 1. The third-order valence-corrected chi connectivity index (χ3v) is 3.54. The van der Waals surface area contributed by atoms with Crippen molar-refractivity contribution in [3.8, 4) is 0 Å². The SMILES string of the molecule is NC(=O)NC(=O)CCSc1nc2ccccc2n1C(F)F. The number of fused-ring (bicyclic) bond motifs is 1. The Kier molecular flexibility index (Phi) is 4.73. The largest absolute Gasteiger partial charge is 0.351 e. The van der Waals surface area contributed by atoms with Crippen molar-refractivity contribution in [2.45, 2.75) is 18.1 Å². The fourth-order valence-corrected chi connectivity index (χ4v) is 2.70. The van der Waals surface area contributed by atoms with Gasteiger partial charge in [0.2, 0.25) is 5.91 Å². The zero-order valence-corrected chi connectivity index (χ0v) is 11.6. The number of alkyl halides is 2. The predicted molar refractivity (Wildman–Crippen MR) is 74.1 cm³/mol. The number of rotatable bonds is 5. The summed E-state index contributed by atoms with van der Waals surface area (Å²) < 4.78 is 27.0. The minimum absolute atomic E-state index is 0.0277. The van der Waals surface area contributed by atoms with Gasteiger partial charge in [-0.05, 0) is 12.1 Å². The van der Waals surface area contributed by atoms with Gasteiger partial charge in [-0.3, -0.25) is 14.7 Å². The molecule has 0 atom stereocenters. The lowest BCUT2D eigenvalue weighted by Crippen LogP contribution is -2.35.